The molecule has 1 rings (SSSR count). The Balaban J connectivity index is 3.01. The fourth-order valence-electron chi connectivity index (χ4n) is 0.517. The lowest BCUT2D eigenvalue weighted by Crippen LogP contribution is -1.98. The molecule has 54 valence electrons. The Morgan fingerprint density at radius 3 is 3.00 bits per heavy atom. The van der Waals surface area contributed by atoms with Crippen molar-refractivity contribution < 1.29 is 19.2 Å². The molecule has 10 heavy (non-hydrogen) atoms. The Hall–Kier alpha value is -1.52. The van der Waals surface area contributed by atoms with Crippen molar-refractivity contribution in [1.29, 1.82) is 0 Å². The van der Waals surface area contributed by atoms with Gasteiger partial charge in [0.25, 0.3) is 0 Å². The minimum atomic E-state index is -1.16. The third-order valence-electron chi connectivity index (χ3n) is 0.960. The minimum Gasteiger partial charge on any atom is -0.491 e. The number of hydrogen-bond donors (Lipinski definition) is 1. The molecule has 0 aliphatic rings. The number of methoxy groups -OCH3 is 1. The average Bonchev–Trinajstić information content (AvgIpc) is 2.33. The number of aromatic carboxylic acids is 1. The SMILES string of the molecule is COc1conc1C(=O)O. The average molecular weight is 143 g/mol. The smallest absolute Gasteiger partial charge is 0.362 e. The van der Waals surface area contributed by atoms with Crippen LogP contribution in [0.3, 0.4) is 0 Å². The molecular weight excluding hydrogens is 138 g/mol. The zero-order valence-electron chi connectivity index (χ0n) is 5.20. The van der Waals surface area contributed by atoms with Gasteiger partial charge in [-0.2, -0.15) is 0 Å². The van der Waals surface area contributed by atoms with Gasteiger partial charge < -0.3 is 14.4 Å². The van der Waals surface area contributed by atoms with Crippen molar-refractivity contribution in [1.82, 2.24) is 5.16 Å². The summed E-state index contributed by atoms with van der Waals surface area (Å²) in [5, 5.41) is 11.6. The van der Waals surface area contributed by atoms with Crippen molar-refractivity contribution in [2.75, 3.05) is 7.11 Å². The van der Waals surface area contributed by atoms with Gasteiger partial charge in [0.1, 0.15) is 0 Å². The number of rotatable bonds is 2. The lowest BCUT2D eigenvalue weighted by molar-refractivity contribution is 0.0682. The van der Waals surface area contributed by atoms with Gasteiger partial charge >= 0.3 is 5.97 Å². The van der Waals surface area contributed by atoms with Gasteiger partial charge in [-0.3, -0.25) is 0 Å². The zero-order valence-corrected chi connectivity index (χ0v) is 5.20. The summed E-state index contributed by atoms with van der Waals surface area (Å²) in [7, 11) is 1.35. The lowest BCUT2D eigenvalue weighted by Gasteiger charge is -1.90. The van der Waals surface area contributed by atoms with Gasteiger partial charge in [-0.25, -0.2) is 4.79 Å². The topological polar surface area (TPSA) is 72.6 Å². The number of aromatic nitrogens is 1. The highest BCUT2D eigenvalue weighted by Crippen LogP contribution is 2.14. The molecule has 0 atom stereocenters. The molecule has 0 fully saturated rings. The first-order valence-electron chi connectivity index (χ1n) is 2.47. The first-order chi connectivity index (χ1) is 4.75. The van der Waals surface area contributed by atoms with Crippen molar-refractivity contribution in [2.24, 2.45) is 0 Å². The van der Waals surface area contributed by atoms with Crippen LogP contribution in [0.25, 0.3) is 0 Å². The Bertz CT molecular complexity index is 242. The molecule has 5 heteroatoms. The maximum atomic E-state index is 10.2. The second-order valence-corrected chi connectivity index (χ2v) is 1.54. The summed E-state index contributed by atoms with van der Waals surface area (Å²) in [5.41, 5.74) is -0.206. The van der Waals surface area contributed by atoms with Gasteiger partial charge in [0.2, 0.25) is 5.69 Å². The fourth-order valence-corrected chi connectivity index (χ4v) is 0.517. The third kappa shape index (κ3) is 0.928. The molecule has 5 nitrogen and oxygen atoms in total. The van der Waals surface area contributed by atoms with Crippen molar-refractivity contribution in [3.05, 3.63) is 12.0 Å². The van der Waals surface area contributed by atoms with Crippen LogP contribution in [0.15, 0.2) is 10.8 Å². The van der Waals surface area contributed by atoms with Crippen molar-refractivity contribution >= 4 is 5.97 Å². The first-order valence-corrected chi connectivity index (χ1v) is 2.47. The van der Waals surface area contributed by atoms with E-state index in [-0.39, 0.29) is 11.4 Å². The second-order valence-electron chi connectivity index (χ2n) is 1.54. The highest BCUT2D eigenvalue weighted by Gasteiger charge is 2.14. The molecule has 0 saturated carbocycles. The molecule has 0 aromatic carbocycles. The van der Waals surface area contributed by atoms with Gasteiger partial charge in [-0.05, 0) is 0 Å². The summed E-state index contributed by atoms with van der Waals surface area (Å²) in [6, 6.07) is 0. The largest absolute Gasteiger partial charge is 0.491 e. The maximum absolute atomic E-state index is 10.2. The number of carbonyl (C=O) groups is 1. The predicted molar refractivity (Wildman–Crippen MR) is 30.0 cm³/mol. The zero-order chi connectivity index (χ0) is 7.56. The van der Waals surface area contributed by atoms with E-state index < -0.39 is 5.97 Å². The first kappa shape index (κ1) is 6.60. The van der Waals surface area contributed by atoms with Crippen LogP contribution in [0.1, 0.15) is 10.5 Å². The second kappa shape index (κ2) is 2.38. The lowest BCUT2D eigenvalue weighted by atomic mass is 10.4. The van der Waals surface area contributed by atoms with E-state index >= 15 is 0 Å². The van der Waals surface area contributed by atoms with E-state index in [0.29, 0.717) is 0 Å². The van der Waals surface area contributed by atoms with E-state index in [1.54, 1.807) is 0 Å². The molecule has 1 heterocycles. The molecule has 0 spiro atoms. The maximum Gasteiger partial charge on any atom is 0.362 e. The van der Waals surface area contributed by atoms with Crippen LogP contribution in [-0.2, 0) is 0 Å². The summed E-state index contributed by atoms with van der Waals surface area (Å²) in [6.45, 7) is 0. The molecule has 0 aliphatic carbocycles. The predicted octanol–water partition coefficient (Wildman–Crippen LogP) is 0.381. The van der Waals surface area contributed by atoms with Crippen LogP contribution < -0.4 is 4.74 Å². The Labute approximate surface area is 56.2 Å². The molecule has 0 aliphatic heterocycles. The van der Waals surface area contributed by atoms with Crippen molar-refractivity contribution in [2.45, 2.75) is 0 Å². The van der Waals surface area contributed by atoms with Gasteiger partial charge in [0.05, 0.1) is 7.11 Å². The quantitative estimate of drug-likeness (QED) is 0.647. The minimum absolute atomic E-state index is 0.132. The van der Waals surface area contributed by atoms with E-state index in [2.05, 4.69) is 14.4 Å². The number of carboxylic acid groups (broad SMARTS) is 1. The van der Waals surface area contributed by atoms with E-state index in [1.165, 1.54) is 7.11 Å². The summed E-state index contributed by atoms with van der Waals surface area (Å²) in [6.07, 6.45) is 1.13. The fraction of sp³-hybridized carbons (Fsp3) is 0.200. The van der Waals surface area contributed by atoms with Crippen LogP contribution in [-0.4, -0.2) is 23.3 Å². The van der Waals surface area contributed by atoms with Crippen LogP contribution in [0, 0.1) is 0 Å². The number of carboxylic acids is 1. The normalized spacial score (nSPS) is 9.30. The van der Waals surface area contributed by atoms with E-state index in [4.69, 9.17) is 5.11 Å². The molecule has 1 aromatic rings. The van der Waals surface area contributed by atoms with Crippen LogP contribution >= 0.6 is 0 Å². The molecule has 1 N–H and O–H groups in total. The van der Waals surface area contributed by atoms with Gasteiger partial charge in [-0.1, -0.05) is 5.16 Å². The Kier molecular flexibility index (Phi) is 1.57. The van der Waals surface area contributed by atoms with E-state index in [0.717, 1.165) is 6.26 Å². The number of hydrogen-bond acceptors (Lipinski definition) is 4. The molecule has 1 aromatic heterocycles. The molecular formula is C5H5NO4. The molecule has 0 unspecified atom stereocenters. The van der Waals surface area contributed by atoms with Crippen LogP contribution in [0.2, 0.25) is 0 Å². The molecule has 0 bridgehead atoms. The summed E-state index contributed by atoms with van der Waals surface area (Å²) in [5.74, 6) is -1.03. The van der Waals surface area contributed by atoms with E-state index in [1.807, 2.05) is 0 Å². The van der Waals surface area contributed by atoms with Crippen molar-refractivity contribution in [3.8, 4) is 5.75 Å². The third-order valence-corrected chi connectivity index (χ3v) is 0.960. The highest BCUT2D eigenvalue weighted by atomic mass is 16.5. The van der Waals surface area contributed by atoms with Crippen LogP contribution in [0.5, 0.6) is 5.75 Å². The molecule has 0 saturated heterocycles. The molecule has 0 radical (unpaired) electrons. The van der Waals surface area contributed by atoms with Crippen LogP contribution in [0.4, 0.5) is 0 Å². The van der Waals surface area contributed by atoms with E-state index in [9.17, 15) is 4.79 Å². The Morgan fingerprint density at radius 1 is 1.90 bits per heavy atom. The number of nitrogens with zero attached hydrogens (tertiary/aromatic N) is 1. The summed E-state index contributed by atoms with van der Waals surface area (Å²) in [4.78, 5) is 10.2. The van der Waals surface area contributed by atoms with Gasteiger partial charge in [-0.15, -0.1) is 0 Å². The Morgan fingerprint density at radius 2 is 2.60 bits per heavy atom. The molecule has 0 amide bonds. The number of ether oxygens (including phenoxy) is 1. The monoisotopic (exact) mass is 143 g/mol. The summed E-state index contributed by atoms with van der Waals surface area (Å²) < 4.78 is 8.95. The van der Waals surface area contributed by atoms with Gasteiger partial charge in [0.15, 0.2) is 12.0 Å². The summed E-state index contributed by atoms with van der Waals surface area (Å²) >= 11 is 0. The standard InChI is InChI=1S/C5H5NO4/c1-9-3-2-10-6-4(3)5(7)8/h2H,1H3,(H,7,8). The van der Waals surface area contributed by atoms with Gasteiger partial charge in [0, 0.05) is 0 Å². The van der Waals surface area contributed by atoms with Crippen molar-refractivity contribution in [3.63, 3.8) is 0 Å². The highest BCUT2D eigenvalue weighted by molar-refractivity contribution is 5.88.